The molecule has 0 radical (unpaired) electrons. The first kappa shape index (κ1) is 23.8. The highest BCUT2D eigenvalue weighted by molar-refractivity contribution is 5.75. The maximum Gasteiger partial charge on any atom is 0.219 e. The molecule has 5 heteroatoms. The first-order valence-electron chi connectivity index (χ1n) is 10.6. The molecule has 0 heterocycles. The predicted molar refractivity (Wildman–Crippen MR) is 107 cm³/mol. The van der Waals surface area contributed by atoms with Gasteiger partial charge in [0.05, 0.1) is 0 Å². The van der Waals surface area contributed by atoms with Crippen LogP contribution < -0.4 is 5.32 Å². The van der Waals surface area contributed by atoms with Crippen LogP contribution in [0.25, 0.3) is 10.4 Å². The first-order valence-corrected chi connectivity index (χ1v) is 10.6. The van der Waals surface area contributed by atoms with Crippen molar-refractivity contribution in [2.24, 2.45) is 5.11 Å². The minimum absolute atomic E-state index is 0.0721. The molecule has 1 amide bonds. The lowest BCUT2D eigenvalue weighted by molar-refractivity contribution is -0.121. The average Bonchev–Trinajstić information content (AvgIpc) is 2.62. The Bertz CT molecular complexity index is 341. The zero-order chi connectivity index (χ0) is 18.4. The lowest BCUT2D eigenvalue weighted by atomic mass is 10.0. The third-order valence-electron chi connectivity index (χ3n) is 4.60. The number of carbonyl (C=O) groups excluding carboxylic acids is 1. The Morgan fingerprint density at radius 2 is 1.24 bits per heavy atom. The molecule has 0 aromatic rings. The summed E-state index contributed by atoms with van der Waals surface area (Å²) in [5.74, 6) is 0.0721. The summed E-state index contributed by atoms with van der Waals surface area (Å²) in [5, 5.41) is 6.15. The highest BCUT2D eigenvalue weighted by atomic mass is 16.1. The van der Waals surface area contributed by atoms with Gasteiger partial charge in [0.2, 0.25) is 5.91 Å². The Kier molecular flexibility index (Phi) is 19.8. The Labute approximate surface area is 155 Å². The van der Waals surface area contributed by atoms with Crippen LogP contribution in [0.1, 0.15) is 110 Å². The van der Waals surface area contributed by atoms with Crippen molar-refractivity contribution in [2.45, 2.75) is 110 Å². The van der Waals surface area contributed by atoms with Crippen molar-refractivity contribution in [2.75, 3.05) is 13.1 Å². The molecule has 0 fully saturated rings. The Hall–Kier alpha value is -1.22. The molecule has 0 atom stereocenters. The highest BCUT2D eigenvalue weighted by Gasteiger charge is 2.00. The molecule has 0 aromatic heterocycles. The molecule has 146 valence electrons. The van der Waals surface area contributed by atoms with Gasteiger partial charge in [-0.25, -0.2) is 0 Å². The van der Waals surface area contributed by atoms with Crippen LogP contribution in [0.15, 0.2) is 5.11 Å². The van der Waals surface area contributed by atoms with Gasteiger partial charge in [0, 0.05) is 24.4 Å². The van der Waals surface area contributed by atoms with Gasteiger partial charge in [0.25, 0.3) is 0 Å². The molecule has 0 aliphatic carbocycles. The van der Waals surface area contributed by atoms with Gasteiger partial charge < -0.3 is 5.32 Å². The van der Waals surface area contributed by atoms with Gasteiger partial charge in [0.1, 0.15) is 0 Å². The predicted octanol–water partition coefficient (Wildman–Crippen LogP) is 6.67. The monoisotopic (exact) mass is 352 g/mol. The summed E-state index contributed by atoms with van der Waals surface area (Å²) < 4.78 is 0. The van der Waals surface area contributed by atoms with Crippen molar-refractivity contribution in [1.29, 1.82) is 0 Å². The highest BCUT2D eigenvalue weighted by Crippen LogP contribution is 2.13. The summed E-state index contributed by atoms with van der Waals surface area (Å²) in [7, 11) is 0. The maximum absolute atomic E-state index is 11.5. The maximum atomic E-state index is 11.5. The van der Waals surface area contributed by atoms with Gasteiger partial charge in [-0.15, -0.1) is 0 Å². The number of nitrogens with zero attached hydrogens (tertiary/aromatic N) is 3. The minimum atomic E-state index is 0.0721. The SMILES string of the molecule is CCCCCCCCCCCCCCCCCC(=O)NCCN=[N+]=[N-]. The summed E-state index contributed by atoms with van der Waals surface area (Å²) in [6.45, 7) is 3.05. The van der Waals surface area contributed by atoms with Crippen molar-refractivity contribution in [3.63, 3.8) is 0 Å². The molecule has 0 aromatic carbocycles. The third-order valence-corrected chi connectivity index (χ3v) is 4.60. The number of azide groups is 1. The van der Waals surface area contributed by atoms with Crippen molar-refractivity contribution in [3.8, 4) is 0 Å². The average molecular weight is 353 g/mol. The van der Waals surface area contributed by atoms with Gasteiger partial charge in [-0.05, 0) is 12.0 Å². The van der Waals surface area contributed by atoms with Crippen LogP contribution >= 0.6 is 0 Å². The number of amides is 1. The normalized spacial score (nSPS) is 10.4. The van der Waals surface area contributed by atoms with Crippen LogP contribution in [0.3, 0.4) is 0 Å². The minimum Gasteiger partial charge on any atom is -0.356 e. The fourth-order valence-corrected chi connectivity index (χ4v) is 3.04. The molecule has 0 saturated carbocycles. The number of unbranched alkanes of at least 4 members (excludes halogenated alkanes) is 14. The number of hydrogen-bond donors (Lipinski definition) is 1. The van der Waals surface area contributed by atoms with Crippen molar-refractivity contribution in [1.82, 2.24) is 5.32 Å². The van der Waals surface area contributed by atoms with Crippen LogP contribution in [0.2, 0.25) is 0 Å². The Morgan fingerprint density at radius 1 is 0.800 bits per heavy atom. The van der Waals surface area contributed by atoms with Gasteiger partial charge in [-0.3, -0.25) is 4.79 Å². The molecule has 0 spiro atoms. The van der Waals surface area contributed by atoms with E-state index in [0.29, 0.717) is 19.5 Å². The fourth-order valence-electron chi connectivity index (χ4n) is 3.04. The quantitative estimate of drug-likeness (QED) is 0.120. The number of hydrogen-bond acceptors (Lipinski definition) is 2. The van der Waals surface area contributed by atoms with E-state index >= 15 is 0 Å². The van der Waals surface area contributed by atoms with Crippen LogP contribution in [0.5, 0.6) is 0 Å². The molecule has 0 unspecified atom stereocenters. The zero-order valence-electron chi connectivity index (χ0n) is 16.5. The molecule has 1 N–H and O–H groups in total. The van der Waals surface area contributed by atoms with Crippen LogP contribution in [-0.2, 0) is 4.79 Å². The molecular formula is C20H40N4O. The number of nitrogens with one attached hydrogen (secondary N) is 1. The molecule has 0 aliphatic rings. The lowest BCUT2D eigenvalue weighted by Gasteiger charge is -2.04. The van der Waals surface area contributed by atoms with E-state index in [9.17, 15) is 4.79 Å². The van der Waals surface area contributed by atoms with E-state index in [-0.39, 0.29) is 5.91 Å². The van der Waals surface area contributed by atoms with E-state index in [0.717, 1.165) is 12.8 Å². The second kappa shape index (κ2) is 20.8. The van der Waals surface area contributed by atoms with E-state index in [1.807, 2.05) is 0 Å². The van der Waals surface area contributed by atoms with Crippen molar-refractivity contribution < 1.29 is 4.79 Å². The smallest absolute Gasteiger partial charge is 0.219 e. The first-order chi connectivity index (χ1) is 12.3. The van der Waals surface area contributed by atoms with Gasteiger partial charge >= 0.3 is 0 Å². The lowest BCUT2D eigenvalue weighted by Crippen LogP contribution is -2.25. The van der Waals surface area contributed by atoms with E-state index in [2.05, 4.69) is 22.3 Å². The summed E-state index contributed by atoms with van der Waals surface area (Å²) >= 11 is 0. The van der Waals surface area contributed by atoms with Crippen LogP contribution in [-0.4, -0.2) is 19.0 Å². The van der Waals surface area contributed by atoms with E-state index in [4.69, 9.17) is 5.53 Å². The Balaban J connectivity index is 3.11. The Morgan fingerprint density at radius 3 is 1.68 bits per heavy atom. The van der Waals surface area contributed by atoms with Crippen molar-refractivity contribution in [3.05, 3.63) is 10.4 Å². The molecule has 0 bridgehead atoms. The molecule has 25 heavy (non-hydrogen) atoms. The summed E-state index contributed by atoms with van der Waals surface area (Å²) in [4.78, 5) is 14.1. The fraction of sp³-hybridized carbons (Fsp3) is 0.950. The summed E-state index contributed by atoms with van der Waals surface area (Å²) in [5.41, 5.74) is 8.13. The van der Waals surface area contributed by atoms with E-state index in [1.54, 1.807) is 0 Å². The molecule has 0 aliphatic heterocycles. The standard InChI is InChI=1S/C20H40N4O/c1-2-3-4-5-6-7-8-9-10-11-12-13-14-15-16-17-20(25)22-18-19-23-24-21/h2-19H2,1H3,(H,22,25). The third kappa shape index (κ3) is 20.7. The number of rotatable bonds is 19. The topological polar surface area (TPSA) is 77.9 Å². The van der Waals surface area contributed by atoms with Crippen LogP contribution in [0.4, 0.5) is 0 Å². The molecular weight excluding hydrogens is 312 g/mol. The summed E-state index contributed by atoms with van der Waals surface area (Å²) in [6.07, 6.45) is 20.6. The largest absolute Gasteiger partial charge is 0.356 e. The van der Waals surface area contributed by atoms with Gasteiger partial charge in [-0.1, -0.05) is 102 Å². The van der Waals surface area contributed by atoms with Gasteiger partial charge in [0.15, 0.2) is 0 Å². The molecule has 5 nitrogen and oxygen atoms in total. The second-order valence-electron chi connectivity index (χ2n) is 7.00. The van der Waals surface area contributed by atoms with Crippen LogP contribution in [0, 0.1) is 0 Å². The molecule has 0 saturated heterocycles. The number of carbonyl (C=O) groups is 1. The zero-order valence-corrected chi connectivity index (χ0v) is 16.5. The van der Waals surface area contributed by atoms with Crippen molar-refractivity contribution >= 4 is 5.91 Å². The summed E-state index contributed by atoms with van der Waals surface area (Å²) in [6, 6.07) is 0. The second-order valence-corrected chi connectivity index (χ2v) is 7.00. The van der Waals surface area contributed by atoms with E-state index < -0.39 is 0 Å². The van der Waals surface area contributed by atoms with Gasteiger partial charge in [-0.2, -0.15) is 0 Å². The molecule has 0 rings (SSSR count). The van der Waals surface area contributed by atoms with E-state index in [1.165, 1.54) is 83.5 Å².